The molecule has 2 aromatic carbocycles. The summed E-state index contributed by atoms with van der Waals surface area (Å²) in [4.78, 5) is 23.9. The number of carbonyl (C=O) groups is 2. The van der Waals surface area contributed by atoms with Crippen molar-refractivity contribution in [2.75, 3.05) is 16.4 Å². The monoisotopic (exact) mass is 352 g/mol. The molecular formula is C16H14ClFN2O2S. The third kappa shape index (κ3) is 5.58. The number of benzene rings is 2. The van der Waals surface area contributed by atoms with E-state index in [0.29, 0.717) is 10.7 Å². The molecule has 0 aliphatic rings. The molecule has 23 heavy (non-hydrogen) atoms. The zero-order chi connectivity index (χ0) is 16.8. The Morgan fingerprint density at radius 1 is 1.13 bits per heavy atom. The van der Waals surface area contributed by atoms with Crippen molar-refractivity contribution in [1.82, 2.24) is 0 Å². The molecule has 0 saturated carbocycles. The molecule has 0 radical (unpaired) electrons. The van der Waals surface area contributed by atoms with Gasteiger partial charge in [0.2, 0.25) is 11.8 Å². The minimum absolute atomic E-state index is 0.0284. The van der Waals surface area contributed by atoms with E-state index in [9.17, 15) is 14.0 Å². The van der Waals surface area contributed by atoms with Crippen LogP contribution in [-0.2, 0) is 9.59 Å². The van der Waals surface area contributed by atoms with E-state index in [1.54, 1.807) is 12.1 Å². The van der Waals surface area contributed by atoms with Crippen LogP contribution < -0.4 is 10.6 Å². The van der Waals surface area contributed by atoms with Crippen molar-refractivity contribution >= 4 is 46.6 Å². The molecule has 0 unspecified atom stereocenters. The van der Waals surface area contributed by atoms with Gasteiger partial charge in [-0.1, -0.05) is 11.6 Å². The molecule has 0 bridgehead atoms. The van der Waals surface area contributed by atoms with Crippen LogP contribution in [0.25, 0.3) is 0 Å². The molecule has 0 aliphatic carbocycles. The SMILES string of the molecule is CC(=O)Nc1cc(NC(=O)CSc2ccc(Cl)cc2)ccc1F. The smallest absolute Gasteiger partial charge is 0.234 e. The third-order valence-corrected chi connectivity index (χ3v) is 4.01. The van der Waals surface area contributed by atoms with E-state index < -0.39 is 5.82 Å². The van der Waals surface area contributed by atoms with Gasteiger partial charge < -0.3 is 10.6 Å². The number of amides is 2. The topological polar surface area (TPSA) is 58.2 Å². The maximum atomic E-state index is 13.5. The fourth-order valence-electron chi connectivity index (χ4n) is 1.77. The molecule has 2 aromatic rings. The Morgan fingerprint density at radius 3 is 2.48 bits per heavy atom. The molecule has 0 spiro atoms. The molecular weight excluding hydrogens is 339 g/mol. The van der Waals surface area contributed by atoms with Gasteiger partial charge in [-0.15, -0.1) is 11.8 Å². The predicted molar refractivity (Wildman–Crippen MR) is 91.5 cm³/mol. The number of carbonyl (C=O) groups excluding carboxylic acids is 2. The van der Waals surface area contributed by atoms with Gasteiger partial charge in [-0.3, -0.25) is 9.59 Å². The van der Waals surface area contributed by atoms with Crippen molar-refractivity contribution in [2.24, 2.45) is 0 Å². The number of nitrogens with one attached hydrogen (secondary N) is 2. The second-order valence-corrected chi connectivity index (χ2v) is 6.15. The number of hydrogen-bond acceptors (Lipinski definition) is 3. The molecule has 4 nitrogen and oxygen atoms in total. The summed E-state index contributed by atoms with van der Waals surface area (Å²) in [7, 11) is 0. The second kappa shape index (κ2) is 7.99. The number of anilines is 2. The number of halogens is 2. The molecule has 2 rings (SSSR count). The summed E-state index contributed by atoms with van der Waals surface area (Å²) in [6, 6.07) is 11.2. The van der Waals surface area contributed by atoms with Crippen molar-refractivity contribution in [3.05, 3.63) is 53.3 Å². The van der Waals surface area contributed by atoms with E-state index >= 15 is 0 Å². The summed E-state index contributed by atoms with van der Waals surface area (Å²) in [5, 5.41) is 5.66. The summed E-state index contributed by atoms with van der Waals surface area (Å²) in [6.45, 7) is 1.29. The normalized spacial score (nSPS) is 10.2. The highest BCUT2D eigenvalue weighted by molar-refractivity contribution is 8.00. The van der Waals surface area contributed by atoms with E-state index in [-0.39, 0.29) is 23.3 Å². The van der Waals surface area contributed by atoms with E-state index in [1.165, 1.54) is 36.9 Å². The van der Waals surface area contributed by atoms with Crippen LogP contribution in [0.5, 0.6) is 0 Å². The van der Waals surface area contributed by atoms with Gasteiger partial charge in [0.25, 0.3) is 0 Å². The summed E-state index contributed by atoms with van der Waals surface area (Å²) < 4.78 is 13.5. The Bertz CT molecular complexity index is 723. The van der Waals surface area contributed by atoms with Crippen LogP contribution in [0.3, 0.4) is 0 Å². The van der Waals surface area contributed by atoms with E-state index in [2.05, 4.69) is 10.6 Å². The van der Waals surface area contributed by atoms with Crippen LogP contribution in [0.15, 0.2) is 47.4 Å². The van der Waals surface area contributed by atoms with Crippen LogP contribution in [0.4, 0.5) is 15.8 Å². The van der Waals surface area contributed by atoms with Gasteiger partial charge in [0.05, 0.1) is 11.4 Å². The maximum absolute atomic E-state index is 13.5. The zero-order valence-electron chi connectivity index (χ0n) is 12.2. The fourth-order valence-corrected chi connectivity index (χ4v) is 2.59. The van der Waals surface area contributed by atoms with E-state index in [4.69, 9.17) is 11.6 Å². The fraction of sp³-hybridized carbons (Fsp3) is 0.125. The first-order chi connectivity index (χ1) is 10.9. The van der Waals surface area contributed by atoms with Gasteiger partial charge >= 0.3 is 0 Å². The zero-order valence-corrected chi connectivity index (χ0v) is 13.8. The lowest BCUT2D eigenvalue weighted by molar-refractivity contribution is -0.114. The minimum atomic E-state index is -0.561. The maximum Gasteiger partial charge on any atom is 0.234 e. The van der Waals surface area contributed by atoms with E-state index in [0.717, 1.165) is 4.90 Å². The number of thioether (sulfide) groups is 1. The summed E-state index contributed by atoms with van der Waals surface area (Å²) in [5.74, 6) is -0.973. The lowest BCUT2D eigenvalue weighted by atomic mass is 10.2. The molecule has 0 saturated heterocycles. The molecule has 0 fully saturated rings. The van der Waals surface area contributed by atoms with Crippen molar-refractivity contribution in [3.63, 3.8) is 0 Å². The van der Waals surface area contributed by atoms with Gasteiger partial charge in [-0.05, 0) is 42.5 Å². The highest BCUT2D eigenvalue weighted by Crippen LogP contribution is 2.22. The van der Waals surface area contributed by atoms with Gasteiger partial charge in [-0.2, -0.15) is 0 Å². The van der Waals surface area contributed by atoms with Gasteiger partial charge in [0.15, 0.2) is 0 Å². The number of hydrogen-bond donors (Lipinski definition) is 2. The average Bonchev–Trinajstić information content (AvgIpc) is 2.49. The van der Waals surface area contributed by atoms with Crippen molar-refractivity contribution in [1.29, 1.82) is 0 Å². The molecule has 0 heterocycles. The van der Waals surface area contributed by atoms with Crippen LogP contribution >= 0.6 is 23.4 Å². The summed E-state index contributed by atoms with van der Waals surface area (Å²) in [6.07, 6.45) is 0. The van der Waals surface area contributed by atoms with Crippen molar-refractivity contribution < 1.29 is 14.0 Å². The number of rotatable bonds is 5. The first kappa shape index (κ1) is 17.3. The summed E-state index contributed by atoms with van der Waals surface area (Å²) in [5.41, 5.74) is 0.442. The van der Waals surface area contributed by atoms with E-state index in [1.807, 2.05) is 12.1 Å². The standard InChI is InChI=1S/C16H14ClFN2O2S/c1-10(21)19-15-8-12(4-7-14(15)18)20-16(22)9-23-13-5-2-11(17)3-6-13/h2-8H,9H2,1H3,(H,19,21)(H,20,22). The molecule has 7 heteroatoms. The second-order valence-electron chi connectivity index (χ2n) is 4.67. The lowest BCUT2D eigenvalue weighted by Gasteiger charge is -2.09. The molecule has 0 aliphatic heterocycles. The molecule has 0 atom stereocenters. The van der Waals surface area contributed by atoms with Gasteiger partial charge in [-0.25, -0.2) is 4.39 Å². The molecule has 2 amide bonds. The first-order valence-corrected chi connectivity index (χ1v) is 8.06. The van der Waals surface area contributed by atoms with Gasteiger partial charge in [0, 0.05) is 22.5 Å². The largest absolute Gasteiger partial charge is 0.325 e. The lowest BCUT2D eigenvalue weighted by Crippen LogP contribution is -2.15. The Balaban J connectivity index is 1.94. The molecule has 2 N–H and O–H groups in total. The molecule has 120 valence electrons. The van der Waals surface area contributed by atoms with Crippen molar-refractivity contribution in [2.45, 2.75) is 11.8 Å². The Hall–Kier alpha value is -2.05. The van der Waals surface area contributed by atoms with Gasteiger partial charge in [0.1, 0.15) is 5.82 Å². The molecule has 0 aromatic heterocycles. The Labute approximate surface area is 142 Å². The summed E-state index contributed by atoms with van der Waals surface area (Å²) >= 11 is 7.16. The Kier molecular flexibility index (Phi) is 6.01. The van der Waals surface area contributed by atoms with Crippen LogP contribution in [-0.4, -0.2) is 17.6 Å². The Morgan fingerprint density at radius 2 is 1.83 bits per heavy atom. The van der Waals surface area contributed by atoms with Crippen LogP contribution in [0.2, 0.25) is 5.02 Å². The van der Waals surface area contributed by atoms with Crippen molar-refractivity contribution in [3.8, 4) is 0 Å². The highest BCUT2D eigenvalue weighted by Gasteiger charge is 2.08. The quantitative estimate of drug-likeness (QED) is 0.794. The predicted octanol–water partition coefficient (Wildman–Crippen LogP) is 4.17. The third-order valence-electron chi connectivity index (χ3n) is 2.74. The van der Waals surface area contributed by atoms with Crippen LogP contribution in [0, 0.1) is 5.82 Å². The first-order valence-electron chi connectivity index (χ1n) is 6.69. The minimum Gasteiger partial charge on any atom is -0.325 e. The average molecular weight is 353 g/mol. The van der Waals surface area contributed by atoms with Crippen LogP contribution in [0.1, 0.15) is 6.92 Å². The highest BCUT2D eigenvalue weighted by atomic mass is 35.5.